The Balaban J connectivity index is 1.89. The van der Waals surface area contributed by atoms with Crippen LogP contribution >= 0.6 is 11.8 Å². The lowest BCUT2D eigenvalue weighted by Gasteiger charge is -2.19. The van der Waals surface area contributed by atoms with Crippen molar-refractivity contribution in [3.05, 3.63) is 48.2 Å². The molecular weight excluding hydrogens is 352 g/mol. The van der Waals surface area contributed by atoms with Crippen LogP contribution in [0.4, 0.5) is 5.69 Å². The van der Waals surface area contributed by atoms with E-state index in [-0.39, 0.29) is 22.8 Å². The molecule has 0 saturated heterocycles. The van der Waals surface area contributed by atoms with Gasteiger partial charge < -0.3 is 15.2 Å². The number of carboxylic acids is 1. The molecule has 6 nitrogen and oxygen atoms in total. The van der Waals surface area contributed by atoms with Gasteiger partial charge in [-0.25, -0.2) is 4.98 Å². The van der Waals surface area contributed by atoms with Crippen molar-refractivity contribution in [2.24, 2.45) is 0 Å². The summed E-state index contributed by atoms with van der Waals surface area (Å²) in [5.41, 5.74) is 1.83. The minimum Gasteiger partial charge on any atom is -0.481 e. The Kier molecular flexibility index (Phi) is 6.63. The first-order valence-electron chi connectivity index (χ1n) is 8.08. The SMILES string of the molecule is CC(C)(C)c1ccc(Oc2ccc(NC(=O)CSCC(=O)O)cn2)cc1. The predicted molar refractivity (Wildman–Crippen MR) is 103 cm³/mol. The van der Waals surface area contributed by atoms with Crippen molar-refractivity contribution in [1.29, 1.82) is 0 Å². The maximum absolute atomic E-state index is 11.7. The number of aliphatic carboxylic acids is 1. The van der Waals surface area contributed by atoms with Crippen molar-refractivity contribution in [2.75, 3.05) is 16.8 Å². The Hall–Kier alpha value is -2.54. The highest BCUT2D eigenvalue weighted by atomic mass is 32.2. The molecule has 2 aromatic rings. The van der Waals surface area contributed by atoms with E-state index in [4.69, 9.17) is 9.84 Å². The van der Waals surface area contributed by atoms with E-state index >= 15 is 0 Å². The number of carbonyl (C=O) groups excluding carboxylic acids is 1. The van der Waals surface area contributed by atoms with E-state index in [0.717, 1.165) is 11.8 Å². The van der Waals surface area contributed by atoms with Crippen molar-refractivity contribution >= 4 is 29.3 Å². The lowest BCUT2D eigenvalue weighted by Crippen LogP contribution is -2.15. The predicted octanol–water partition coefficient (Wildman–Crippen LogP) is 3.93. The van der Waals surface area contributed by atoms with E-state index in [0.29, 0.717) is 17.3 Å². The van der Waals surface area contributed by atoms with Gasteiger partial charge in [-0.15, -0.1) is 11.8 Å². The van der Waals surface area contributed by atoms with Gasteiger partial charge >= 0.3 is 5.97 Å². The Labute approximate surface area is 157 Å². The van der Waals surface area contributed by atoms with E-state index in [2.05, 4.69) is 31.1 Å². The third-order valence-electron chi connectivity index (χ3n) is 3.42. The van der Waals surface area contributed by atoms with E-state index in [1.807, 2.05) is 24.3 Å². The first-order valence-corrected chi connectivity index (χ1v) is 9.23. The van der Waals surface area contributed by atoms with E-state index in [1.165, 1.54) is 11.8 Å². The highest BCUT2D eigenvalue weighted by molar-refractivity contribution is 8.00. The zero-order chi connectivity index (χ0) is 19.2. The molecule has 0 aliphatic rings. The van der Waals surface area contributed by atoms with Crippen LogP contribution in [0.3, 0.4) is 0 Å². The largest absolute Gasteiger partial charge is 0.481 e. The molecular formula is C19H22N2O4S. The second kappa shape index (κ2) is 8.71. The smallest absolute Gasteiger partial charge is 0.313 e. The minimum atomic E-state index is -0.943. The van der Waals surface area contributed by atoms with Crippen molar-refractivity contribution in [3.63, 3.8) is 0 Å². The summed E-state index contributed by atoms with van der Waals surface area (Å²) in [5, 5.41) is 11.2. The van der Waals surface area contributed by atoms with Gasteiger partial charge in [0.2, 0.25) is 11.8 Å². The summed E-state index contributed by atoms with van der Waals surface area (Å²) in [4.78, 5) is 26.3. The number of ether oxygens (including phenoxy) is 1. The summed E-state index contributed by atoms with van der Waals surface area (Å²) >= 11 is 1.04. The molecule has 0 atom stereocenters. The molecule has 1 amide bonds. The number of hydrogen-bond donors (Lipinski definition) is 2. The molecule has 0 fully saturated rings. The van der Waals surface area contributed by atoms with Gasteiger partial charge in [-0.3, -0.25) is 9.59 Å². The molecule has 0 unspecified atom stereocenters. The second-order valence-electron chi connectivity index (χ2n) is 6.70. The lowest BCUT2D eigenvalue weighted by molar-refractivity contribution is -0.133. The van der Waals surface area contributed by atoms with Gasteiger partial charge in [0.25, 0.3) is 0 Å². The van der Waals surface area contributed by atoms with Crippen LogP contribution in [0.25, 0.3) is 0 Å². The third kappa shape index (κ3) is 6.40. The third-order valence-corrected chi connectivity index (χ3v) is 4.34. The first-order chi connectivity index (χ1) is 12.2. The minimum absolute atomic E-state index is 0.0741. The van der Waals surface area contributed by atoms with E-state index in [9.17, 15) is 9.59 Å². The van der Waals surface area contributed by atoms with Gasteiger partial charge in [-0.2, -0.15) is 0 Å². The van der Waals surface area contributed by atoms with Gasteiger partial charge in [-0.05, 0) is 29.2 Å². The number of benzene rings is 1. The fourth-order valence-corrected chi connectivity index (χ4v) is 2.62. The van der Waals surface area contributed by atoms with E-state index < -0.39 is 5.97 Å². The number of thioether (sulfide) groups is 1. The van der Waals surface area contributed by atoms with Crippen molar-refractivity contribution in [1.82, 2.24) is 4.98 Å². The molecule has 0 saturated carbocycles. The Bertz CT molecular complexity index is 753. The number of carbonyl (C=O) groups is 2. The van der Waals surface area contributed by atoms with Crippen molar-refractivity contribution in [2.45, 2.75) is 26.2 Å². The van der Waals surface area contributed by atoms with Gasteiger partial charge in [0.1, 0.15) is 5.75 Å². The summed E-state index contributed by atoms with van der Waals surface area (Å²) in [6, 6.07) is 11.2. The normalized spacial score (nSPS) is 11.0. The molecule has 2 N–H and O–H groups in total. The van der Waals surface area contributed by atoms with Crippen molar-refractivity contribution < 1.29 is 19.4 Å². The number of anilines is 1. The Morgan fingerprint density at radius 2 is 1.81 bits per heavy atom. The number of nitrogens with zero attached hydrogens (tertiary/aromatic N) is 1. The van der Waals surface area contributed by atoms with Gasteiger partial charge in [0, 0.05) is 6.07 Å². The average Bonchev–Trinajstić information content (AvgIpc) is 2.56. The number of pyridine rings is 1. The topological polar surface area (TPSA) is 88.5 Å². The molecule has 0 radical (unpaired) electrons. The summed E-state index contributed by atoms with van der Waals surface area (Å²) < 4.78 is 5.70. The molecule has 0 bridgehead atoms. The van der Waals surface area contributed by atoms with Crippen LogP contribution < -0.4 is 10.1 Å². The van der Waals surface area contributed by atoms with Crippen LogP contribution in [-0.2, 0) is 15.0 Å². The fraction of sp³-hybridized carbons (Fsp3) is 0.316. The fourth-order valence-electron chi connectivity index (χ4n) is 2.09. The number of nitrogens with one attached hydrogen (secondary N) is 1. The molecule has 2 rings (SSSR count). The van der Waals surface area contributed by atoms with Crippen LogP contribution in [0.2, 0.25) is 0 Å². The number of hydrogen-bond acceptors (Lipinski definition) is 5. The van der Waals surface area contributed by atoms with Crippen LogP contribution in [0.1, 0.15) is 26.3 Å². The van der Waals surface area contributed by atoms with Gasteiger partial charge in [0.05, 0.1) is 23.4 Å². The Morgan fingerprint density at radius 1 is 1.12 bits per heavy atom. The molecule has 0 aliphatic carbocycles. The molecule has 1 heterocycles. The average molecular weight is 374 g/mol. The standard InChI is InChI=1S/C19H22N2O4S/c1-19(2,3)13-4-7-15(8-5-13)25-17-9-6-14(10-20-17)21-16(22)11-26-12-18(23)24/h4-10H,11-12H2,1-3H3,(H,21,22)(H,23,24). The molecule has 1 aromatic heterocycles. The van der Waals surface area contributed by atoms with Crippen LogP contribution in [0, 0.1) is 0 Å². The summed E-state index contributed by atoms with van der Waals surface area (Å²) in [6.07, 6.45) is 1.50. The summed E-state index contributed by atoms with van der Waals surface area (Å²) in [7, 11) is 0. The van der Waals surface area contributed by atoms with E-state index in [1.54, 1.807) is 12.1 Å². The number of aromatic nitrogens is 1. The lowest BCUT2D eigenvalue weighted by atomic mass is 9.87. The molecule has 26 heavy (non-hydrogen) atoms. The summed E-state index contributed by atoms with van der Waals surface area (Å²) in [6.45, 7) is 6.45. The van der Waals surface area contributed by atoms with Crippen LogP contribution in [-0.4, -0.2) is 33.5 Å². The second-order valence-corrected chi connectivity index (χ2v) is 7.68. The van der Waals surface area contributed by atoms with Gasteiger partial charge in [-0.1, -0.05) is 32.9 Å². The molecule has 0 spiro atoms. The Morgan fingerprint density at radius 3 is 2.35 bits per heavy atom. The highest BCUT2D eigenvalue weighted by Gasteiger charge is 2.13. The van der Waals surface area contributed by atoms with Crippen LogP contribution in [0.15, 0.2) is 42.6 Å². The maximum atomic E-state index is 11.7. The first kappa shape index (κ1) is 19.8. The van der Waals surface area contributed by atoms with Crippen molar-refractivity contribution in [3.8, 4) is 11.6 Å². The quantitative estimate of drug-likeness (QED) is 0.763. The molecule has 7 heteroatoms. The van der Waals surface area contributed by atoms with Gasteiger partial charge in [0.15, 0.2) is 0 Å². The van der Waals surface area contributed by atoms with Crippen LogP contribution in [0.5, 0.6) is 11.6 Å². The monoisotopic (exact) mass is 374 g/mol. The zero-order valence-corrected chi connectivity index (χ0v) is 15.8. The molecule has 0 aliphatic heterocycles. The number of amides is 1. The maximum Gasteiger partial charge on any atom is 0.313 e. The highest BCUT2D eigenvalue weighted by Crippen LogP contribution is 2.26. The number of carboxylic acid groups (broad SMARTS) is 1. The molecule has 138 valence electrons. The summed E-state index contributed by atoms with van der Waals surface area (Å²) in [5.74, 6) is -0.137. The molecule has 1 aromatic carbocycles. The zero-order valence-electron chi connectivity index (χ0n) is 15.0. The number of rotatable bonds is 7.